The summed E-state index contributed by atoms with van der Waals surface area (Å²) < 4.78 is 2.43. The Bertz CT molecular complexity index is 3280. The van der Waals surface area contributed by atoms with Crippen LogP contribution in [0.25, 0.3) is 71.6 Å². The maximum absolute atomic E-state index is 2.58. The molecule has 0 N–H and O–H groups in total. The van der Waals surface area contributed by atoms with Gasteiger partial charge in [-0.25, -0.2) is 0 Å². The number of fused-ring (bicyclic) bond motifs is 4. The van der Waals surface area contributed by atoms with E-state index in [-0.39, 0.29) is 5.41 Å². The molecule has 2 nitrogen and oxygen atoms in total. The highest BCUT2D eigenvalue weighted by Gasteiger charge is 2.27. The topological polar surface area (TPSA) is 8.17 Å². The highest BCUT2D eigenvalue weighted by Crippen LogP contribution is 2.51. The Hall–Kier alpha value is -7.16. The first-order valence-corrected chi connectivity index (χ1v) is 23.2. The molecule has 0 aliphatic heterocycles. The van der Waals surface area contributed by atoms with Crippen LogP contribution in [0.1, 0.15) is 69.9 Å². The first kappa shape index (κ1) is 39.7. The lowest BCUT2D eigenvalue weighted by Crippen LogP contribution is -2.17. The molecule has 1 aliphatic carbocycles. The number of benzene rings is 9. The van der Waals surface area contributed by atoms with E-state index in [1.54, 1.807) is 0 Å². The van der Waals surface area contributed by atoms with Gasteiger partial charge in [0.1, 0.15) is 0 Å². The molecule has 10 aromatic rings. The summed E-state index contributed by atoms with van der Waals surface area (Å²) in [6.45, 7) is 6.97. The van der Waals surface area contributed by atoms with Crippen molar-refractivity contribution in [3.8, 4) is 39.1 Å². The number of anilines is 3. The Labute approximate surface area is 378 Å². The van der Waals surface area contributed by atoms with Crippen molar-refractivity contribution in [1.82, 2.24) is 4.57 Å². The van der Waals surface area contributed by atoms with Crippen molar-refractivity contribution in [3.05, 3.63) is 217 Å². The Kier molecular flexibility index (Phi) is 10.2. The van der Waals surface area contributed by atoms with Crippen LogP contribution >= 0.6 is 0 Å². The van der Waals surface area contributed by atoms with E-state index in [2.05, 4.69) is 236 Å². The summed E-state index contributed by atoms with van der Waals surface area (Å²) in [7, 11) is 0. The van der Waals surface area contributed by atoms with Crippen LogP contribution in [0, 0.1) is 0 Å². The van der Waals surface area contributed by atoms with Crippen molar-refractivity contribution in [1.29, 1.82) is 0 Å². The molecule has 0 spiro atoms. The number of para-hydroxylation sites is 4. The van der Waals surface area contributed by atoms with Crippen LogP contribution in [0.15, 0.2) is 206 Å². The molecule has 312 valence electrons. The molecule has 1 fully saturated rings. The van der Waals surface area contributed by atoms with Gasteiger partial charge in [0, 0.05) is 33.2 Å². The summed E-state index contributed by atoms with van der Waals surface area (Å²) >= 11 is 0. The average molecular weight is 827 g/mol. The standard InChI is InChI=1S/C62H54N2/c1-62(2,3)47-38-40-50(43-21-7-4-8-22-43)60(42-47)64(58-36-18-15-31-53(58)55-33-20-26-45-25-19-32-51(61(45)55)44-23-9-5-10-24-44)56-34-16-13-29-49(56)46-37-39-54-52-30-14-17-35-57(52)63(59(54)41-46)48-27-11-6-12-28-48/h4,6-8,11-22,25-42,44H,5,9-10,23-24H2,1-3H3. The molecule has 2 heteroatoms. The van der Waals surface area contributed by atoms with Gasteiger partial charge in [-0.1, -0.05) is 204 Å². The maximum Gasteiger partial charge on any atom is 0.0547 e. The Morgan fingerprint density at radius 3 is 1.81 bits per heavy atom. The summed E-state index contributed by atoms with van der Waals surface area (Å²) in [5.74, 6) is 0.567. The fourth-order valence-electron chi connectivity index (χ4n) is 10.6. The van der Waals surface area contributed by atoms with E-state index in [1.807, 2.05) is 0 Å². The Morgan fingerprint density at radius 2 is 1.05 bits per heavy atom. The maximum atomic E-state index is 2.58. The van der Waals surface area contributed by atoms with Crippen LogP contribution < -0.4 is 4.90 Å². The third-order valence-corrected chi connectivity index (χ3v) is 13.8. The molecular formula is C62H54N2. The number of aromatic nitrogens is 1. The van der Waals surface area contributed by atoms with Gasteiger partial charge in [0.2, 0.25) is 0 Å². The van der Waals surface area contributed by atoms with Crippen molar-refractivity contribution < 1.29 is 0 Å². The lowest BCUT2D eigenvalue weighted by atomic mass is 9.80. The van der Waals surface area contributed by atoms with Crippen molar-refractivity contribution in [2.24, 2.45) is 0 Å². The SMILES string of the molecule is CC(C)(C)c1ccc(-c2ccccc2)c(N(c2ccccc2-c2ccc3c4ccccc4n(-c4ccccc4)c3c2)c2ccccc2-c2cccc3cccc(C4CCCCC4)c23)c1. The van der Waals surface area contributed by atoms with E-state index < -0.39 is 0 Å². The summed E-state index contributed by atoms with van der Waals surface area (Å²) in [5, 5.41) is 5.20. The van der Waals surface area contributed by atoms with Gasteiger partial charge in [-0.15, -0.1) is 0 Å². The number of rotatable bonds is 8. The molecule has 1 aromatic heterocycles. The smallest absolute Gasteiger partial charge is 0.0547 e. The van der Waals surface area contributed by atoms with Gasteiger partial charge in [0.05, 0.1) is 28.1 Å². The summed E-state index contributed by atoms with van der Waals surface area (Å²) in [4.78, 5) is 2.58. The number of hydrogen-bond donors (Lipinski definition) is 0. The van der Waals surface area contributed by atoms with Crippen LogP contribution in [-0.2, 0) is 5.41 Å². The summed E-state index contributed by atoms with van der Waals surface area (Å²) in [5.41, 5.74) is 17.0. The van der Waals surface area contributed by atoms with Crippen molar-refractivity contribution in [2.45, 2.75) is 64.2 Å². The zero-order valence-electron chi connectivity index (χ0n) is 37.1. The molecular weight excluding hydrogens is 773 g/mol. The first-order chi connectivity index (χ1) is 31.4. The minimum Gasteiger partial charge on any atom is -0.309 e. The second-order valence-electron chi connectivity index (χ2n) is 18.7. The zero-order chi connectivity index (χ0) is 43.2. The molecule has 0 unspecified atom stereocenters. The quantitative estimate of drug-likeness (QED) is 0.148. The molecule has 0 amide bonds. The Morgan fingerprint density at radius 1 is 0.438 bits per heavy atom. The van der Waals surface area contributed by atoms with Crippen molar-refractivity contribution in [3.63, 3.8) is 0 Å². The second-order valence-corrected chi connectivity index (χ2v) is 18.7. The molecule has 1 heterocycles. The fourth-order valence-corrected chi connectivity index (χ4v) is 10.6. The summed E-state index contributed by atoms with van der Waals surface area (Å²) in [6, 6.07) is 76.9. The first-order valence-electron chi connectivity index (χ1n) is 23.2. The van der Waals surface area contributed by atoms with Crippen LogP contribution in [0.2, 0.25) is 0 Å². The van der Waals surface area contributed by atoms with E-state index in [0.717, 1.165) is 22.7 Å². The van der Waals surface area contributed by atoms with E-state index in [1.165, 1.54) is 109 Å². The molecule has 9 aromatic carbocycles. The lowest BCUT2D eigenvalue weighted by Gasteiger charge is -2.33. The van der Waals surface area contributed by atoms with Crippen molar-refractivity contribution in [2.75, 3.05) is 4.90 Å². The minimum absolute atomic E-state index is 0.0743. The van der Waals surface area contributed by atoms with Gasteiger partial charge in [-0.05, 0) is 105 Å². The van der Waals surface area contributed by atoms with Crippen LogP contribution in [0.4, 0.5) is 17.1 Å². The second kappa shape index (κ2) is 16.5. The average Bonchev–Trinajstić information content (AvgIpc) is 3.68. The highest BCUT2D eigenvalue weighted by atomic mass is 15.2. The molecule has 11 rings (SSSR count). The molecule has 64 heavy (non-hydrogen) atoms. The molecule has 0 atom stereocenters. The Balaban J connectivity index is 1.21. The normalized spacial score (nSPS) is 13.5. The van der Waals surface area contributed by atoms with Crippen LogP contribution in [0.3, 0.4) is 0 Å². The van der Waals surface area contributed by atoms with Gasteiger partial charge in [-0.3, -0.25) is 0 Å². The molecule has 0 saturated heterocycles. The third-order valence-electron chi connectivity index (χ3n) is 13.8. The van der Waals surface area contributed by atoms with E-state index in [4.69, 9.17) is 0 Å². The molecule has 1 aliphatic rings. The zero-order valence-corrected chi connectivity index (χ0v) is 37.1. The predicted octanol–water partition coefficient (Wildman–Crippen LogP) is 17.8. The van der Waals surface area contributed by atoms with E-state index in [9.17, 15) is 0 Å². The largest absolute Gasteiger partial charge is 0.309 e. The number of hydrogen-bond acceptors (Lipinski definition) is 1. The minimum atomic E-state index is -0.0743. The molecule has 1 saturated carbocycles. The van der Waals surface area contributed by atoms with Gasteiger partial charge >= 0.3 is 0 Å². The van der Waals surface area contributed by atoms with Gasteiger partial charge < -0.3 is 9.47 Å². The third kappa shape index (κ3) is 7.08. The predicted molar refractivity (Wildman–Crippen MR) is 274 cm³/mol. The van der Waals surface area contributed by atoms with Gasteiger partial charge in [0.25, 0.3) is 0 Å². The van der Waals surface area contributed by atoms with E-state index in [0.29, 0.717) is 5.92 Å². The highest BCUT2D eigenvalue weighted by molar-refractivity contribution is 6.11. The van der Waals surface area contributed by atoms with Gasteiger partial charge in [0.15, 0.2) is 0 Å². The summed E-state index contributed by atoms with van der Waals surface area (Å²) in [6.07, 6.45) is 6.44. The van der Waals surface area contributed by atoms with E-state index >= 15 is 0 Å². The fraction of sp³-hybridized carbons (Fsp3) is 0.161. The monoisotopic (exact) mass is 826 g/mol. The molecule has 0 bridgehead atoms. The van der Waals surface area contributed by atoms with Crippen LogP contribution in [0.5, 0.6) is 0 Å². The van der Waals surface area contributed by atoms with Crippen molar-refractivity contribution >= 4 is 49.6 Å². The number of nitrogens with zero attached hydrogens (tertiary/aromatic N) is 2. The lowest BCUT2D eigenvalue weighted by molar-refractivity contribution is 0.445. The van der Waals surface area contributed by atoms with Crippen LogP contribution in [-0.4, -0.2) is 4.57 Å². The van der Waals surface area contributed by atoms with Gasteiger partial charge in [-0.2, -0.15) is 0 Å². The molecule has 0 radical (unpaired) electrons.